The van der Waals surface area contributed by atoms with Crippen molar-refractivity contribution in [2.75, 3.05) is 0 Å². The molecule has 1 aromatic carbocycles. The zero-order chi connectivity index (χ0) is 16.3. The van der Waals surface area contributed by atoms with Gasteiger partial charge in [-0.2, -0.15) is 10.2 Å². The number of carbonyl (C=O) groups is 1. The molecule has 0 aliphatic heterocycles. The van der Waals surface area contributed by atoms with E-state index in [-0.39, 0.29) is 0 Å². The maximum absolute atomic E-state index is 10.6. The van der Waals surface area contributed by atoms with Gasteiger partial charge >= 0.3 is 6.03 Å². The second-order valence-corrected chi connectivity index (χ2v) is 5.55. The van der Waals surface area contributed by atoms with Gasteiger partial charge in [0, 0.05) is 15.6 Å². The molecule has 0 aliphatic rings. The normalized spacial score (nSPS) is 11.1. The van der Waals surface area contributed by atoms with Crippen LogP contribution in [0.25, 0.3) is 0 Å². The van der Waals surface area contributed by atoms with Gasteiger partial charge < -0.3 is 5.73 Å². The third-order valence-electron chi connectivity index (χ3n) is 2.85. The lowest BCUT2D eigenvalue weighted by Gasteiger charge is -2.08. The van der Waals surface area contributed by atoms with Crippen LogP contribution in [0, 0.1) is 6.92 Å². The summed E-state index contributed by atoms with van der Waals surface area (Å²) in [5.41, 5.74) is 8.95. The minimum atomic E-state index is -0.764. The molecule has 0 radical (unpaired) electrons. The quantitative estimate of drug-likeness (QED) is 0.648. The Balaban J connectivity index is 2.30. The predicted molar refractivity (Wildman–Crippen MR) is 87.9 cm³/mol. The van der Waals surface area contributed by atoms with E-state index in [1.807, 2.05) is 0 Å². The Hall–Kier alpha value is -1.76. The number of amides is 2. The average molecular weight is 361 g/mol. The van der Waals surface area contributed by atoms with Crippen molar-refractivity contribution in [3.8, 4) is 0 Å². The van der Waals surface area contributed by atoms with Gasteiger partial charge in [0.05, 0.1) is 24.0 Å². The summed E-state index contributed by atoms with van der Waals surface area (Å²) in [5.74, 6) is 0. The highest BCUT2D eigenvalue weighted by Crippen LogP contribution is 2.27. The molecule has 0 unspecified atom stereocenters. The molecule has 6 nitrogen and oxygen atoms in total. The number of rotatable bonds is 4. The van der Waals surface area contributed by atoms with E-state index in [1.54, 1.807) is 29.8 Å². The maximum Gasteiger partial charge on any atom is 0.332 e. The lowest BCUT2D eigenvalue weighted by molar-refractivity contribution is 0.249. The molecule has 0 aliphatic carbocycles. The van der Waals surface area contributed by atoms with E-state index in [0.717, 1.165) is 0 Å². The maximum atomic E-state index is 10.6. The van der Waals surface area contributed by atoms with Gasteiger partial charge in [-0.25, -0.2) is 14.9 Å². The van der Waals surface area contributed by atoms with Crippen LogP contribution in [0.15, 0.2) is 23.3 Å². The first-order valence-corrected chi connectivity index (χ1v) is 7.28. The Bertz CT molecular complexity index is 721. The molecular formula is C13H12Cl3N5O. The summed E-state index contributed by atoms with van der Waals surface area (Å²) >= 11 is 18.6. The van der Waals surface area contributed by atoms with Crippen molar-refractivity contribution in [3.05, 3.63) is 50.2 Å². The third-order valence-corrected chi connectivity index (χ3v) is 3.95. The summed E-state index contributed by atoms with van der Waals surface area (Å²) in [6, 6.07) is 4.48. The fraction of sp³-hybridized carbons (Fsp3) is 0.154. The molecule has 0 spiro atoms. The number of carbonyl (C=O) groups excluding carboxylic acids is 1. The fourth-order valence-electron chi connectivity index (χ4n) is 1.81. The number of hydrogen-bond donors (Lipinski definition) is 2. The van der Waals surface area contributed by atoms with E-state index in [1.165, 1.54) is 6.21 Å². The van der Waals surface area contributed by atoms with E-state index in [9.17, 15) is 4.79 Å². The molecule has 2 amide bonds. The van der Waals surface area contributed by atoms with Crippen molar-refractivity contribution in [3.63, 3.8) is 0 Å². The SMILES string of the molecule is Cc1nn(Cc2c(Cl)cccc2Cl)c(Cl)c1/C=N/NC(N)=O. The smallest absolute Gasteiger partial charge is 0.332 e. The highest BCUT2D eigenvalue weighted by Gasteiger charge is 2.14. The van der Waals surface area contributed by atoms with Crippen molar-refractivity contribution >= 4 is 47.0 Å². The van der Waals surface area contributed by atoms with Crippen molar-refractivity contribution in [1.82, 2.24) is 15.2 Å². The largest absolute Gasteiger partial charge is 0.350 e. The van der Waals surface area contributed by atoms with Crippen LogP contribution in [-0.4, -0.2) is 22.0 Å². The van der Waals surface area contributed by atoms with Crippen LogP contribution in [0.3, 0.4) is 0 Å². The number of aromatic nitrogens is 2. The minimum Gasteiger partial charge on any atom is -0.350 e. The van der Waals surface area contributed by atoms with E-state index in [4.69, 9.17) is 40.5 Å². The van der Waals surface area contributed by atoms with Crippen molar-refractivity contribution in [2.45, 2.75) is 13.5 Å². The Morgan fingerprint density at radius 3 is 2.64 bits per heavy atom. The number of urea groups is 1. The van der Waals surface area contributed by atoms with Crippen LogP contribution >= 0.6 is 34.8 Å². The van der Waals surface area contributed by atoms with Gasteiger partial charge in [0.25, 0.3) is 0 Å². The number of benzene rings is 1. The minimum absolute atomic E-state index is 0.315. The highest BCUT2D eigenvalue weighted by atomic mass is 35.5. The van der Waals surface area contributed by atoms with E-state index in [0.29, 0.717) is 38.6 Å². The molecule has 2 rings (SSSR count). The van der Waals surface area contributed by atoms with Gasteiger partial charge in [-0.1, -0.05) is 40.9 Å². The van der Waals surface area contributed by atoms with Crippen molar-refractivity contribution < 1.29 is 4.79 Å². The van der Waals surface area contributed by atoms with Gasteiger partial charge in [-0.05, 0) is 19.1 Å². The van der Waals surface area contributed by atoms with Gasteiger partial charge in [0.2, 0.25) is 0 Å². The first kappa shape index (κ1) is 16.6. The Morgan fingerprint density at radius 1 is 1.41 bits per heavy atom. The number of nitrogens with one attached hydrogen (secondary N) is 1. The lowest BCUT2D eigenvalue weighted by Crippen LogP contribution is -2.24. The number of hydrogen-bond acceptors (Lipinski definition) is 3. The van der Waals surface area contributed by atoms with Crippen LogP contribution in [0.1, 0.15) is 16.8 Å². The van der Waals surface area contributed by atoms with Crippen molar-refractivity contribution in [1.29, 1.82) is 0 Å². The van der Waals surface area contributed by atoms with Crippen LogP contribution in [0.2, 0.25) is 15.2 Å². The topological polar surface area (TPSA) is 85.3 Å². The molecule has 116 valence electrons. The van der Waals surface area contributed by atoms with Crippen LogP contribution in [0.4, 0.5) is 4.79 Å². The molecule has 2 aromatic rings. The Labute approximate surface area is 141 Å². The molecule has 0 bridgehead atoms. The van der Waals surface area contributed by atoms with E-state index >= 15 is 0 Å². The van der Waals surface area contributed by atoms with Gasteiger partial charge in [-0.15, -0.1) is 0 Å². The third kappa shape index (κ3) is 3.71. The average Bonchev–Trinajstić information content (AvgIpc) is 2.70. The van der Waals surface area contributed by atoms with Gasteiger partial charge in [-0.3, -0.25) is 0 Å². The number of halogens is 3. The van der Waals surface area contributed by atoms with Crippen LogP contribution < -0.4 is 11.2 Å². The van der Waals surface area contributed by atoms with Crippen molar-refractivity contribution in [2.24, 2.45) is 10.8 Å². The van der Waals surface area contributed by atoms with Crippen LogP contribution in [-0.2, 0) is 6.54 Å². The lowest BCUT2D eigenvalue weighted by atomic mass is 10.2. The zero-order valence-corrected chi connectivity index (χ0v) is 13.7. The number of primary amides is 1. The van der Waals surface area contributed by atoms with E-state index in [2.05, 4.69) is 15.6 Å². The number of nitrogens with two attached hydrogens (primary N) is 1. The van der Waals surface area contributed by atoms with Gasteiger partial charge in [0.15, 0.2) is 0 Å². The molecule has 1 aromatic heterocycles. The molecule has 22 heavy (non-hydrogen) atoms. The first-order valence-electron chi connectivity index (χ1n) is 6.14. The van der Waals surface area contributed by atoms with E-state index < -0.39 is 6.03 Å². The standard InChI is InChI=1S/C13H12Cl3N5O/c1-7-8(5-18-19-13(17)22)12(16)21(20-7)6-9-10(14)3-2-4-11(9)15/h2-5H,6H2,1H3,(H3,17,19,22)/b18-5+. The Morgan fingerprint density at radius 2 is 2.05 bits per heavy atom. The fourth-order valence-corrected chi connectivity index (χ4v) is 2.61. The van der Waals surface area contributed by atoms with Crippen LogP contribution in [0.5, 0.6) is 0 Å². The summed E-state index contributed by atoms with van der Waals surface area (Å²) in [4.78, 5) is 10.6. The number of hydrazone groups is 1. The summed E-state index contributed by atoms with van der Waals surface area (Å²) in [6.07, 6.45) is 1.38. The molecule has 0 atom stereocenters. The summed E-state index contributed by atoms with van der Waals surface area (Å²) in [6.45, 7) is 2.08. The second-order valence-electron chi connectivity index (χ2n) is 4.38. The number of nitrogens with zero attached hydrogens (tertiary/aromatic N) is 3. The molecular weight excluding hydrogens is 349 g/mol. The predicted octanol–water partition coefficient (Wildman–Crippen LogP) is 3.20. The molecule has 3 N–H and O–H groups in total. The second kappa shape index (κ2) is 7.00. The summed E-state index contributed by atoms with van der Waals surface area (Å²) in [7, 11) is 0. The van der Waals surface area contributed by atoms with Gasteiger partial charge in [0.1, 0.15) is 5.15 Å². The first-order chi connectivity index (χ1) is 10.4. The monoisotopic (exact) mass is 359 g/mol. The molecule has 0 saturated heterocycles. The molecule has 0 fully saturated rings. The Kier molecular flexibility index (Phi) is 5.28. The molecule has 1 heterocycles. The zero-order valence-electron chi connectivity index (χ0n) is 11.5. The highest BCUT2D eigenvalue weighted by molar-refractivity contribution is 6.36. The number of aryl methyl sites for hydroxylation is 1. The molecule has 9 heteroatoms. The summed E-state index contributed by atoms with van der Waals surface area (Å²) in [5, 5.41) is 9.41. The molecule has 0 saturated carbocycles. The summed E-state index contributed by atoms with van der Waals surface area (Å²) < 4.78 is 1.55.